The zero-order valence-corrected chi connectivity index (χ0v) is 19.3. The fourth-order valence-electron chi connectivity index (χ4n) is 4.08. The predicted octanol–water partition coefficient (Wildman–Crippen LogP) is 4.86. The highest BCUT2D eigenvalue weighted by molar-refractivity contribution is 5.96. The molecular weight excluding hydrogens is 405 g/mol. The van der Waals surface area contributed by atoms with Crippen molar-refractivity contribution in [3.63, 3.8) is 0 Å². The molecule has 3 rings (SSSR count). The number of benzene rings is 2. The molecule has 0 radical (unpaired) electrons. The minimum atomic E-state index is -0.282. The van der Waals surface area contributed by atoms with E-state index in [0.29, 0.717) is 43.6 Å². The average molecular weight is 440 g/mol. The van der Waals surface area contributed by atoms with Crippen LogP contribution < -0.4 is 5.32 Å². The minimum Gasteiger partial charge on any atom is -0.334 e. The number of nitrogens with zero attached hydrogens (tertiary/aromatic N) is 2. The lowest BCUT2D eigenvalue weighted by atomic mass is 10.0. The first-order chi connectivity index (χ1) is 15.3. The van der Waals surface area contributed by atoms with Crippen LogP contribution in [0.15, 0.2) is 48.5 Å². The lowest BCUT2D eigenvalue weighted by molar-refractivity contribution is 0.0967. The summed E-state index contributed by atoms with van der Waals surface area (Å²) < 4.78 is 13.3. The second-order valence-electron chi connectivity index (χ2n) is 9.16. The highest BCUT2D eigenvalue weighted by Crippen LogP contribution is 2.18. The van der Waals surface area contributed by atoms with Crippen molar-refractivity contribution in [2.45, 2.75) is 52.2 Å². The van der Waals surface area contributed by atoms with Gasteiger partial charge >= 0.3 is 6.03 Å². The Hall–Kier alpha value is -2.73. The number of hydrogen-bond donors (Lipinski definition) is 1. The Morgan fingerprint density at radius 1 is 1.09 bits per heavy atom. The van der Waals surface area contributed by atoms with E-state index < -0.39 is 0 Å². The number of Topliss-reactive ketones (excluding diaryl/α,β-unsaturated/α-hetero) is 1. The first-order valence-electron chi connectivity index (χ1n) is 11.4. The zero-order valence-electron chi connectivity index (χ0n) is 19.3. The quantitative estimate of drug-likeness (QED) is 0.568. The number of carbonyl (C=O) groups is 2. The van der Waals surface area contributed by atoms with Crippen LogP contribution in [0, 0.1) is 11.7 Å². The molecule has 2 amide bonds. The molecule has 2 aromatic carbocycles. The smallest absolute Gasteiger partial charge is 0.318 e. The van der Waals surface area contributed by atoms with Gasteiger partial charge in [0.05, 0.1) is 0 Å². The van der Waals surface area contributed by atoms with Crippen LogP contribution in [0.25, 0.3) is 0 Å². The molecule has 1 saturated heterocycles. The highest BCUT2D eigenvalue weighted by Gasteiger charge is 2.25. The van der Waals surface area contributed by atoms with Crippen LogP contribution in [0.2, 0.25) is 0 Å². The monoisotopic (exact) mass is 439 g/mol. The molecule has 1 atom stereocenters. The Morgan fingerprint density at radius 2 is 1.75 bits per heavy atom. The van der Waals surface area contributed by atoms with Gasteiger partial charge in [0.15, 0.2) is 5.78 Å². The lowest BCUT2D eigenvalue weighted by Gasteiger charge is -2.29. The molecular formula is C26H34FN3O2. The van der Waals surface area contributed by atoms with Gasteiger partial charge in [0.25, 0.3) is 0 Å². The fourth-order valence-corrected chi connectivity index (χ4v) is 4.08. The van der Waals surface area contributed by atoms with E-state index in [1.54, 1.807) is 17.0 Å². The zero-order chi connectivity index (χ0) is 23.1. The van der Waals surface area contributed by atoms with E-state index in [0.717, 1.165) is 30.5 Å². The topological polar surface area (TPSA) is 52.7 Å². The first kappa shape index (κ1) is 23.9. The van der Waals surface area contributed by atoms with Crippen LogP contribution in [0.5, 0.6) is 0 Å². The van der Waals surface area contributed by atoms with E-state index >= 15 is 0 Å². The molecule has 0 saturated carbocycles. The molecule has 1 aliphatic rings. The number of nitrogens with one attached hydrogen (secondary N) is 1. The number of rotatable bonds is 9. The summed E-state index contributed by atoms with van der Waals surface area (Å²) in [6.45, 7) is 6.55. The minimum absolute atomic E-state index is 0.141. The van der Waals surface area contributed by atoms with Gasteiger partial charge in [-0.15, -0.1) is 0 Å². The maximum absolute atomic E-state index is 13.3. The molecule has 6 heteroatoms. The lowest BCUT2D eigenvalue weighted by Crippen LogP contribution is -2.45. The van der Waals surface area contributed by atoms with E-state index in [4.69, 9.17) is 0 Å². The molecule has 2 aromatic rings. The molecule has 1 N–H and O–H groups in total. The maximum atomic E-state index is 13.3. The Balaban J connectivity index is 1.62. The summed E-state index contributed by atoms with van der Waals surface area (Å²) >= 11 is 0. The Morgan fingerprint density at radius 3 is 2.34 bits per heavy atom. The third-order valence-electron chi connectivity index (χ3n) is 5.99. The van der Waals surface area contributed by atoms with Crippen molar-refractivity contribution in [3.05, 3.63) is 71.0 Å². The average Bonchev–Trinajstić information content (AvgIpc) is 3.17. The Bertz CT molecular complexity index is 896. The van der Waals surface area contributed by atoms with Gasteiger partial charge in [-0.3, -0.25) is 4.79 Å². The second kappa shape index (κ2) is 11.2. The van der Waals surface area contributed by atoms with Gasteiger partial charge in [-0.25, -0.2) is 9.18 Å². The molecule has 1 unspecified atom stereocenters. The van der Waals surface area contributed by atoms with Crippen molar-refractivity contribution in [2.24, 2.45) is 5.92 Å². The summed E-state index contributed by atoms with van der Waals surface area (Å²) in [4.78, 5) is 29.3. The van der Waals surface area contributed by atoms with Gasteiger partial charge in [0.1, 0.15) is 5.82 Å². The number of carbonyl (C=O) groups excluding carboxylic acids is 2. The van der Waals surface area contributed by atoms with Gasteiger partial charge < -0.3 is 15.1 Å². The van der Waals surface area contributed by atoms with E-state index in [1.165, 1.54) is 12.1 Å². The van der Waals surface area contributed by atoms with E-state index in [2.05, 4.69) is 17.3 Å². The number of likely N-dealkylation sites (N-methyl/N-ethyl adjacent to an activating group) is 1. The van der Waals surface area contributed by atoms with Crippen molar-refractivity contribution < 1.29 is 14.0 Å². The third kappa shape index (κ3) is 6.89. The van der Waals surface area contributed by atoms with Gasteiger partial charge in [-0.1, -0.05) is 50.2 Å². The SMILES string of the molecule is CC(C)CC(=O)c1ccc(CNC(=O)N(Cc2ccc(F)cc2)CC2CCCN2C)cc1. The normalized spacial score (nSPS) is 16.3. The van der Waals surface area contributed by atoms with Gasteiger partial charge in [-0.2, -0.15) is 0 Å². The van der Waals surface area contributed by atoms with Crippen molar-refractivity contribution in [1.82, 2.24) is 15.1 Å². The summed E-state index contributed by atoms with van der Waals surface area (Å²) in [5.41, 5.74) is 2.55. The number of ketones is 1. The highest BCUT2D eigenvalue weighted by atomic mass is 19.1. The van der Waals surface area contributed by atoms with Crippen LogP contribution in [-0.4, -0.2) is 47.8 Å². The predicted molar refractivity (Wildman–Crippen MR) is 125 cm³/mol. The summed E-state index contributed by atoms with van der Waals surface area (Å²) in [7, 11) is 2.09. The van der Waals surface area contributed by atoms with Gasteiger partial charge in [0, 0.05) is 37.7 Å². The van der Waals surface area contributed by atoms with Gasteiger partial charge in [0.2, 0.25) is 0 Å². The fraction of sp³-hybridized carbons (Fsp3) is 0.462. The van der Waals surface area contributed by atoms with Crippen molar-refractivity contribution in [1.29, 1.82) is 0 Å². The number of hydrogen-bond acceptors (Lipinski definition) is 3. The van der Waals surface area contributed by atoms with Crippen molar-refractivity contribution in [3.8, 4) is 0 Å². The molecule has 172 valence electrons. The Kier molecular flexibility index (Phi) is 8.39. The molecule has 1 heterocycles. The van der Waals surface area contributed by atoms with Crippen LogP contribution >= 0.6 is 0 Å². The third-order valence-corrected chi connectivity index (χ3v) is 5.99. The Labute approximate surface area is 190 Å². The maximum Gasteiger partial charge on any atom is 0.318 e. The van der Waals surface area contributed by atoms with Crippen LogP contribution in [-0.2, 0) is 13.1 Å². The standard InChI is InChI=1S/C26H34FN3O2/c1-19(2)15-25(31)22-10-6-20(7-11-22)16-28-26(32)30(18-24-5-4-14-29(24)3)17-21-8-12-23(27)13-9-21/h6-13,19,24H,4-5,14-18H2,1-3H3,(H,28,32). The molecule has 0 spiro atoms. The van der Waals surface area contributed by atoms with Crippen LogP contribution in [0.1, 0.15) is 54.6 Å². The number of likely N-dealkylation sites (tertiary alicyclic amines) is 1. The van der Waals surface area contributed by atoms with E-state index in [-0.39, 0.29) is 17.6 Å². The number of amides is 2. The molecule has 0 bridgehead atoms. The van der Waals surface area contributed by atoms with E-state index in [1.807, 2.05) is 38.1 Å². The second-order valence-corrected chi connectivity index (χ2v) is 9.16. The summed E-state index contributed by atoms with van der Waals surface area (Å²) in [6.07, 6.45) is 2.73. The van der Waals surface area contributed by atoms with Crippen LogP contribution in [0.3, 0.4) is 0 Å². The van der Waals surface area contributed by atoms with Crippen molar-refractivity contribution >= 4 is 11.8 Å². The van der Waals surface area contributed by atoms with Crippen LogP contribution in [0.4, 0.5) is 9.18 Å². The molecule has 5 nitrogen and oxygen atoms in total. The molecule has 1 aliphatic heterocycles. The summed E-state index contributed by atoms with van der Waals surface area (Å²) in [5, 5.41) is 3.01. The molecule has 0 aliphatic carbocycles. The first-order valence-corrected chi connectivity index (χ1v) is 11.4. The molecule has 1 fully saturated rings. The molecule has 32 heavy (non-hydrogen) atoms. The number of urea groups is 1. The summed E-state index contributed by atoms with van der Waals surface area (Å²) in [6, 6.07) is 13.9. The van der Waals surface area contributed by atoms with E-state index in [9.17, 15) is 14.0 Å². The van der Waals surface area contributed by atoms with Gasteiger partial charge in [-0.05, 0) is 55.6 Å². The van der Waals surface area contributed by atoms with Crippen molar-refractivity contribution in [2.75, 3.05) is 20.1 Å². The molecule has 0 aromatic heterocycles. The largest absolute Gasteiger partial charge is 0.334 e. The number of halogens is 1. The summed E-state index contributed by atoms with van der Waals surface area (Å²) in [5.74, 6) is 0.185.